The molecule has 8 rings (SSSR count). The zero-order chi connectivity index (χ0) is 55.2. The molecule has 420 valence electrons. The Kier molecular flexibility index (Phi) is 17.2. The highest BCUT2D eigenvalue weighted by Crippen LogP contribution is 2.66. The first-order valence-corrected chi connectivity index (χ1v) is 28.8. The van der Waals surface area contributed by atoms with E-state index < -0.39 is 153 Å². The molecule has 5 aromatic rings. The van der Waals surface area contributed by atoms with Crippen LogP contribution in [0.25, 0.3) is 22.3 Å². The minimum atomic E-state index is -5.62. The smallest absolute Gasteiger partial charge is 0.479 e. The Bertz CT molecular complexity index is 3300. The molecule has 0 amide bonds. The van der Waals surface area contributed by atoms with E-state index in [2.05, 4.69) is 29.2 Å². The lowest BCUT2D eigenvalue weighted by Gasteiger charge is -2.31. The summed E-state index contributed by atoms with van der Waals surface area (Å²) in [6.07, 6.45) is -12.5. The van der Waals surface area contributed by atoms with Gasteiger partial charge < -0.3 is 83.6 Å². The normalized spacial score (nSPS) is 30.1. The number of nitrogens with one attached hydrogen (secondary N) is 2. The summed E-state index contributed by atoms with van der Waals surface area (Å²) in [5.41, 5.74) is 9.57. The summed E-state index contributed by atoms with van der Waals surface area (Å²) in [5, 5.41) is 32.6. The van der Waals surface area contributed by atoms with E-state index in [-0.39, 0.29) is 47.1 Å². The van der Waals surface area contributed by atoms with Crippen LogP contribution in [0.4, 0.5) is 11.8 Å². The number of fused-ring (bicyclic) bond motifs is 2. The molecule has 0 spiro atoms. The highest BCUT2D eigenvalue weighted by molar-refractivity contribution is 7.74. The van der Waals surface area contributed by atoms with Gasteiger partial charge in [-0.2, -0.15) is 9.55 Å². The summed E-state index contributed by atoms with van der Waals surface area (Å²) in [4.78, 5) is 103. The number of imidazole rings is 2. The largest absolute Gasteiger partial charge is 0.756 e. The van der Waals surface area contributed by atoms with Crippen molar-refractivity contribution in [2.45, 2.75) is 80.4 Å². The van der Waals surface area contributed by atoms with Crippen molar-refractivity contribution < 1.29 is 104 Å². The summed E-state index contributed by atoms with van der Waals surface area (Å²) < 4.78 is 111. The fourth-order valence-corrected chi connectivity index (χ4v) is 14.8. The van der Waals surface area contributed by atoms with Crippen molar-refractivity contribution in [1.82, 2.24) is 43.6 Å². The molecule has 0 aliphatic carbocycles. The second-order valence-corrected chi connectivity index (χ2v) is 24.5. The molecule has 16 atom stereocenters. The van der Waals surface area contributed by atoms with Gasteiger partial charge in [-0.15, -0.1) is 0 Å². The molecule has 3 aliphatic rings. The van der Waals surface area contributed by atoms with E-state index in [4.69, 9.17) is 53.2 Å². The Balaban J connectivity index is 0.916. The topological polar surface area (TPSA) is 510 Å². The molecular formula is C36H52N12O24P4. The van der Waals surface area contributed by atoms with Crippen LogP contribution >= 0.6 is 30.8 Å². The number of aromatic amines is 2. The predicted octanol–water partition coefficient (Wildman–Crippen LogP) is -3.71. The van der Waals surface area contributed by atoms with Crippen molar-refractivity contribution in [2.75, 3.05) is 58.0 Å². The zero-order valence-corrected chi connectivity index (χ0v) is 43.4. The zero-order valence-electron chi connectivity index (χ0n) is 39.8. The van der Waals surface area contributed by atoms with Gasteiger partial charge in [-0.05, 0) is 6.42 Å². The van der Waals surface area contributed by atoms with Crippen LogP contribution in [0.15, 0.2) is 45.6 Å². The van der Waals surface area contributed by atoms with Gasteiger partial charge in [0.05, 0.1) is 45.4 Å². The van der Waals surface area contributed by atoms with Crippen LogP contribution in [0.1, 0.15) is 31.5 Å². The summed E-state index contributed by atoms with van der Waals surface area (Å²) in [6, 6.07) is 0.937. The van der Waals surface area contributed by atoms with E-state index in [0.717, 1.165) is 30.3 Å². The summed E-state index contributed by atoms with van der Waals surface area (Å²) in [7, 11) is -18.0. The maximum atomic E-state index is 13.5. The number of aryl methyl sites for hydroxylation is 1. The number of H-pyrrole nitrogens is 2. The predicted molar refractivity (Wildman–Crippen MR) is 248 cm³/mol. The Morgan fingerprint density at radius 2 is 1.49 bits per heavy atom. The molecule has 5 unspecified atom stereocenters. The number of rotatable bonds is 23. The molecule has 3 saturated heterocycles. The van der Waals surface area contributed by atoms with Gasteiger partial charge in [0.25, 0.3) is 24.5 Å². The molecule has 3 aliphatic heterocycles. The van der Waals surface area contributed by atoms with Crippen LogP contribution < -0.4 is 37.7 Å². The van der Waals surface area contributed by atoms with Gasteiger partial charge in [-0.3, -0.25) is 46.9 Å². The molecule has 12 N–H and O–H groups in total. The molecule has 0 radical (unpaired) electrons. The number of phosphoric ester groups is 2. The van der Waals surface area contributed by atoms with Gasteiger partial charge in [0.15, 0.2) is 29.8 Å². The molecular weight excluding hydrogens is 1110 g/mol. The van der Waals surface area contributed by atoms with Crippen LogP contribution in [0.2, 0.25) is 0 Å². The van der Waals surface area contributed by atoms with E-state index in [1.54, 1.807) is 0 Å². The van der Waals surface area contributed by atoms with Gasteiger partial charge in [0.1, 0.15) is 48.5 Å². The number of hydrogen-bond acceptors (Lipinski definition) is 27. The van der Waals surface area contributed by atoms with Crippen molar-refractivity contribution >= 4 is 64.9 Å². The highest BCUT2D eigenvalue weighted by atomic mass is 31.3. The number of ether oxygens (including phenoxy) is 5. The summed E-state index contributed by atoms with van der Waals surface area (Å²) in [5.74, 6) is -2.97. The minimum absolute atomic E-state index is 0.0150. The summed E-state index contributed by atoms with van der Waals surface area (Å²) in [6.45, 7) is -2.68. The lowest BCUT2D eigenvalue weighted by atomic mass is 9.95. The SMILES string of the molecule is COCC[C@@H]1[C@@H](COP(=O)(O)OP(=O)(O)CP(=O)(O)OCC[C@H]2O[C@@H](n3cnc4c(N)ncnc43)[C@H](OC)[C@@H]2OP(=O)([O-])OC[C@H]2O[C@@H](n3ccc(=O)[nH]c3=O)[C@H](O)[C@@H]2O)OC(n2c[n+](C)c3c(=O)[nH]c(N)nc32)[C@@H]1O. The number of phosphoric acid groups is 2. The highest BCUT2D eigenvalue weighted by Gasteiger charge is 2.52. The first-order chi connectivity index (χ1) is 35.7. The van der Waals surface area contributed by atoms with Gasteiger partial charge in [-0.1, -0.05) is 0 Å². The minimum Gasteiger partial charge on any atom is -0.756 e. The molecule has 0 saturated carbocycles. The third-order valence-corrected chi connectivity index (χ3v) is 19.0. The monoisotopic (exact) mass is 1160 g/mol. The molecule has 36 nitrogen and oxygen atoms in total. The van der Waals surface area contributed by atoms with Crippen LogP contribution in [0.3, 0.4) is 0 Å². The van der Waals surface area contributed by atoms with Crippen molar-refractivity contribution in [3.8, 4) is 0 Å². The number of aromatic nitrogens is 10. The lowest BCUT2D eigenvalue weighted by molar-refractivity contribution is -0.646. The average Bonchev–Trinajstić information content (AvgIpc) is 4.15. The van der Waals surface area contributed by atoms with Gasteiger partial charge in [0, 0.05) is 45.4 Å². The van der Waals surface area contributed by atoms with Gasteiger partial charge in [0.2, 0.25) is 18.5 Å². The number of nitrogens with zero attached hydrogens (tertiary/aromatic N) is 8. The van der Waals surface area contributed by atoms with E-state index >= 15 is 0 Å². The number of aliphatic hydroxyl groups excluding tert-OH is 3. The van der Waals surface area contributed by atoms with Crippen molar-refractivity contribution in [2.24, 2.45) is 13.0 Å². The number of aliphatic hydroxyl groups is 3. The van der Waals surface area contributed by atoms with Crippen LogP contribution in [-0.4, -0.2) is 169 Å². The number of hydrogen-bond donors (Lipinski definition) is 10. The quantitative estimate of drug-likeness (QED) is 0.0222. The maximum Gasteiger partial charge on any atom is 0.479 e. The second kappa shape index (κ2) is 22.6. The summed E-state index contributed by atoms with van der Waals surface area (Å²) >= 11 is 0. The van der Waals surface area contributed by atoms with E-state index in [1.807, 2.05) is 4.98 Å². The molecule has 5 aromatic heterocycles. The fourth-order valence-electron chi connectivity index (χ4n) is 8.87. The fraction of sp³-hybridized carbons (Fsp3) is 0.611. The lowest BCUT2D eigenvalue weighted by Crippen LogP contribution is -2.38. The average molecular weight is 1160 g/mol. The van der Waals surface area contributed by atoms with Gasteiger partial charge in [-0.25, -0.2) is 33.2 Å². The Morgan fingerprint density at radius 3 is 2.20 bits per heavy atom. The van der Waals surface area contributed by atoms with E-state index in [0.29, 0.717) is 0 Å². The van der Waals surface area contributed by atoms with Crippen LogP contribution in [0, 0.1) is 5.92 Å². The molecule has 3 fully saturated rings. The van der Waals surface area contributed by atoms with E-state index in [1.165, 1.54) is 40.5 Å². The maximum absolute atomic E-state index is 13.5. The van der Waals surface area contributed by atoms with Crippen LogP contribution in [-0.2, 0) is 71.4 Å². The molecule has 8 heterocycles. The number of nitrogens with two attached hydrogens (primary N) is 2. The van der Waals surface area contributed by atoms with Crippen molar-refractivity contribution in [3.05, 3.63) is 62.4 Å². The van der Waals surface area contributed by atoms with E-state index in [9.17, 15) is 67.5 Å². The molecule has 76 heavy (non-hydrogen) atoms. The van der Waals surface area contributed by atoms with Crippen molar-refractivity contribution in [1.29, 1.82) is 0 Å². The molecule has 40 heteroatoms. The third kappa shape index (κ3) is 12.5. The first-order valence-electron chi connectivity index (χ1n) is 22.4. The molecule has 0 aromatic carbocycles. The van der Waals surface area contributed by atoms with Crippen molar-refractivity contribution in [3.63, 3.8) is 0 Å². The number of anilines is 2. The second-order valence-electron chi connectivity index (χ2n) is 17.4. The standard InChI is InChI=1S/C36H52N12O24P4/c1-45-14-48(30-22(45)31(53)44-35(38)43-30)32-23(50)16(5-8-63-2)18(69-32)10-67-76(61,62)72-74(57,58)15-73(55,56)65-9-6-17-26(27(64-3)34(68-17)47-13-41-21-28(37)39-12-40-29(21)47)71-75(59,60)66-11-19-24(51)25(52)33(70-19)46-7-4-20(49)42-36(46)54/h4,7,12-14,16-19,23-27,32-34,50-52H,5-6,8-11,15H2,1-3H3,(H9-,37,38,39,40,42,43,44,49,53,54,55,56,57,58,59,60,61,62)/t16-,17-,18-,19-,23-,24-,25-,26-,27-,32?,33-,34-/m1/s1. The Labute approximate surface area is 425 Å². The Hall–Kier alpha value is -4.58. The number of nitrogen functional groups attached to an aromatic ring is 2. The molecule has 0 bridgehead atoms. The van der Waals surface area contributed by atoms with Crippen LogP contribution in [0.5, 0.6) is 0 Å². The third-order valence-electron chi connectivity index (χ3n) is 12.3. The van der Waals surface area contributed by atoms with Gasteiger partial charge >= 0.3 is 34.3 Å². The first kappa shape index (κ1) is 57.6. The number of methoxy groups -OCH3 is 2. The Morgan fingerprint density at radius 1 is 0.789 bits per heavy atom.